The lowest BCUT2D eigenvalue weighted by molar-refractivity contribution is -0.384. The molecule has 218 valence electrons. The van der Waals surface area contributed by atoms with Gasteiger partial charge in [-0.3, -0.25) is 14.9 Å². The summed E-state index contributed by atoms with van der Waals surface area (Å²) in [5.74, 6) is -0.366. The smallest absolute Gasteiger partial charge is 0.406 e. The van der Waals surface area contributed by atoms with Gasteiger partial charge in [0.2, 0.25) is 0 Å². The number of ether oxygens (including phenoxy) is 1. The van der Waals surface area contributed by atoms with E-state index in [0.717, 1.165) is 18.7 Å². The number of carbonyl (C=O) groups is 1. The normalized spacial score (nSPS) is 13.5. The highest BCUT2D eigenvalue weighted by atomic mass is 32.1. The summed E-state index contributed by atoms with van der Waals surface area (Å²) in [6.07, 6.45) is -4.81. The second-order valence-electron chi connectivity index (χ2n) is 9.61. The highest BCUT2D eigenvalue weighted by Crippen LogP contribution is 2.32. The number of aromatic nitrogens is 1. The SMILES string of the molecule is O=C(c1ccc(CN(Cc2cccc(OC(F)(F)F)c2)c2nc(-c3cccc([N+](=O)[O-])c3)cs2)cc1)N1CCNCC1. The van der Waals surface area contributed by atoms with Crippen LogP contribution in [0, 0.1) is 10.1 Å². The fourth-order valence-electron chi connectivity index (χ4n) is 4.60. The van der Waals surface area contributed by atoms with Gasteiger partial charge in [0.15, 0.2) is 5.13 Å². The minimum atomic E-state index is -4.81. The van der Waals surface area contributed by atoms with Crippen LogP contribution in [0.5, 0.6) is 5.75 Å². The first-order chi connectivity index (χ1) is 20.1. The van der Waals surface area contributed by atoms with Gasteiger partial charge >= 0.3 is 6.36 Å². The molecule has 0 aliphatic carbocycles. The Morgan fingerprint density at radius 2 is 1.74 bits per heavy atom. The first-order valence-corrected chi connectivity index (χ1v) is 13.9. The van der Waals surface area contributed by atoms with Gasteiger partial charge in [-0.2, -0.15) is 0 Å². The number of hydrogen-bond acceptors (Lipinski definition) is 8. The van der Waals surface area contributed by atoms with E-state index in [4.69, 9.17) is 4.98 Å². The molecule has 5 rings (SSSR count). The number of non-ortho nitro benzene ring substituents is 1. The van der Waals surface area contributed by atoms with Crippen molar-refractivity contribution < 1.29 is 27.6 Å². The number of alkyl halides is 3. The Bertz CT molecular complexity index is 1560. The van der Waals surface area contributed by atoms with Gasteiger partial charge in [0.05, 0.1) is 10.6 Å². The molecule has 1 N–H and O–H groups in total. The number of nitro benzene ring substituents is 1. The largest absolute Gasteiger partial charge is 0.573 e. The van der Waals surface area contributed by atoms with Gasteiger partial charge in [0.1, 0.15) is 5.75 Å². The van der Waals surface area contributed by atoms with Crippen molar-refractivity contribution in [3.8, 4) is 17.0 Å². The zero-order valence-electron chi connectivity index (χ0n) is 22.2. The van der Waals surface area contributed by atoms with E-state index in [9.17, 15) is 28.1 Å². The predicted molar refractivity (Wildman–Crippen MR) is 152 cm³/mol. The summed E-state index contributed by atoms with van der Waals surface area (Å²) in [6.45, 7) is 3.33. The molecule has 0 atom stereocenters. The third-order valence-electron chi connectivity index (χ3n) is 6.60. The molecule has 1 amide bonds. The Hall–Kier alpha value is -4.49. The summed E-state index contributed by atoms with van der Waals surface area (Å²) in [5, 5.41) is 16.8. The van der Waals surface area contributed by atoms with Crippen molar-refractivity contribution in [2.75, 3.05) is 31.1 Å². The first-order valence-electron chi connectivity index (χ1n) is 13.0. The number of piperazine rings is 1. The maximum atomic E-state index is 12.9. The second kappa shape index (κ2) is 12.6. The highest BCUT2D eigenvalue weighted by Gasteiger charge is 2.31. The number of halogens is 3. The summed E-state index contributed by atoms with van der Waals surface area (Å²) in [4.78, 5) is 32.1. The highest BCUT2D eigenvalue weighted by molar-refractivity contribution is 7.14. The Labute approximate surface area is 243 Å². The molecule has 0 bridgehead atoms. The Kier molecular flexibility index (Phi) is 8.69. The van der Waals surface area contributed by atoms with Gasteiger partial charge in [-0.05, 0) is 35.4 Å². The summed E-state index contributed by atoms with van der Waals surface area (Å²) in [7, 11) is 0. The summed E-state index contributed by atoms with van der Waals surface area (Å²) in [6, 6.07) is 19.1. The minimum absolute atomic E-state index is 0.0390. The van der Waals surface area contributed by atoms with Crippen LogP contribution in [0.15, 0.2) is 78.2 Å². The van der Waals surface area contributed by atoms with Gasteiger partial charge in [0, 0.05) is 67.9 Å². The van der Waals surface area contributed by atoms with Crippen LogP contribution in [0.25, 0.3) is 11.3 Å². The van der Waals surface area contributed by atoms with Crippen molar-refractivity contribution in [2.24, 2.45) is 0 Å². The lowest BCUT2D eigenvalue weighted by atomic mass is 10.1. The van der Waals surface area contributed by atoms with E-state index < -0.39 is 11.3 Å². The average molecular weight is 598 g/mol. The molecule has 2 heterocycles. The molecule has 0 unspecified atom stereocenters. The van der Waals surface area contributed by atoms with Crippen LogP contribution in [0.2, 0.25) is 0 Å². The third kappa shape index (κ3) is 7.42. The summed E-state index contributed by atoms with van der Waals surface area (Å²) < 4.78 is 42.6. The molecule has 0 radical (unpaired) electrons. The average Bonchev–Trinajstić information content (AvgIpc) is 3.47. The second-order valence-corrected chi connectivity index (χ2v) is 10.4. The number of benzene rings is 3. The van der Waals surface area contributed by atoms with E-state index in [0.29, 0.717) is 47.2 Å². The molecule has 42 heavy (non-hydrogen) atoms. The fraction of sp³-hybridized carbons (Fsp3) is 0.241. The van der Waals surface area contributed by atoms with Crippen molar-refractivity contribution in [3.63, 3.8) is 0 Å². The summed E-state index contributed by atoms with van der Waals surface area (Å²) >= 11 is 1.31. The monoisotopic (exact) mass is 597 g/mol. The maximum absolute atomic E-state index is 12.9. The molecular weight excluding hydrogens is 571 g/mol. The molecule has 0 spiro atoms. The van der Waals surface area contributed by atoms with E-state index in [1.165, 1.54) is 41.7 Å². The van der Waals surface area contributed by atoms with Crippen LogP contribution in [0.3, 0.4) is 0 Å². The molecule has 0 saturated carbocycles. The molecule has 4 aromatic rings. The van der Waals surface area contributed by atoms with Crippen LogP contribution in [0.4, 0.5) is 24.0 Å². The molecule has 9 nitrogen and oxygen atoms in total. The van der Waals surface area contributed by atoms with E-state index in [1.54, 1.807) is 40.6 Å². The molecular formula is C29H26F3N5O4S. The van der Waals surface area contributed by atoms with Gasteiger partial charge in [-0.1, -0.05) is 36.4 Å². The predicted octanol–water partition coefficient (Wildman–Crippen LogP) is 5.87. The fourth-order valence-corrected chi connectivity index (χ4v) is 5.43. The van der Waals surface area contributed by atoms with Crippen molar-refractivity contribution in [1.29, 1.82) is 0 Å². The lowest BCUT2D eigenvalue weighted by Crippen LogP contribution is -2.46. The number of hydrogen-bond donors (Lipinski definition) is 1. The number of nitrogens with one attached hydrogen (secondary N) is 1. The summed E-state index contributed by atoms with van der Waals surface area (Å²) in [5.41, 5.74) is 3.05. The van der Waals surface area contributed by atoms with Gasteiger partial charge in [-0.25, -0.2) is 4.98 Å². The molecule has 1 fully saturated rings. The standard InChI is InChI=1S/C29H26F3N5O4S/c30-29(31,32)41-25-6-1-3-21(15-25)18-36(28-34-26(19-42-28)23-4-2-5-24(16-23)37(39)40)17-20-7-9-22(10-8-20)27(38)35-13-11-33-12-14-35/h1-10,15-16,19,33H,11-14,17-18H2. The maximum Gasteiger partial charge on any atom is 0.573 e. The Morgan fingerprint density at radius 1 is 1.02 bits per heavy atom. The van der Waals surface area contributed by atoms with Crippen LogP contribution in [-0.2, 0) is 13.1 Å². The van der Waals surface area contributed by atoms with Crippen molar-refractivity contribution in [3.05, 3.63) is 105 Å². The van der Waals surface area contributed by atoms with Crippen LogP contribution < -0.4 is 15.0 Å². The molecule has 3 aromatic carbocycles. The van der Waals surface area contributed by atoms with Gasteiger partial charge < -0.3 is 19.9 Å². The zero-order chi connectivity index (χ0) is 29.7. The number of nitro groups is 1. The molecule has 1 saturated heterocycles. The van der Waals surface area contributed by atoms with Gasteiger partial charge in [0.25, 0.3) is 11.6 Å². The van der Waals surface area contributed by atoms with E-state index in [2.05, 4.69) is 10.1 Å². The molecule has 1 aromatic heterocycles. The minimum Gasteiger partial charge on any atom is -0.406 e. The van der Waals surface area contributed by atoms with Crippen molar-refractivity contribution >= 4 is 28.1 Å². The topological polar surface area (TPSA) is 101 Å². The van der Waals surface area contributed by atoms with Gasteiger partial charge in [-0.15, -0.1) is 24.5 Å². The number of amides is 1. The quantitative estimate of drug-likeness (QED) is 0.190. The number of carbonyl (C=O) groups excluding carboxylic acids is 1. The van der Waals surface area contributed by atoms with E-state index in [-0.39, 0.29) is 23.9 Å². The lowest BCUT2D eigenvalue weighted by Gasteiger charge is -2.27. The van der Waals surface area contributed by atoms with Crippen LogP contribution >= 0.6 is 11.3 Å². The zero-order valence-corrected chi connectivity index (χ0v) is 23.0. The van der Waals surface area contributed by atoms with Crippen molar-refractivity contribution in [1.82, 2.24) is 15.2 Å². The van der Waals surface area contributed by atoms with E-state index >= 15 is 0 Å². The van der Waals surface area contributed by atoms with E-state index in [1.807, 2.05) is 17.0 Å². The molecule has 13 heteroatoms. The third-order valence-corrected chi connectivity index (χ3v) is 7.50. The van der Waals surface area contributed by atoms with Crippen LogP contribution in [-0.4, -0.2) is 53.3 Å². The van der Waals surface area contributed by atoms with Crippen molar-refractivity contribution in [2.45, 2.75) is 19.5 Å². The Balaban J connectivity index is 1.40. The molecule has 1 aliphatic heterocycles. The first kappa shape index (κ1) is 29.0. The number of nitrogens with zero attached hydrogens (tertiary/aromatic N) is 4. The Morgan fingerprint density at radius 3 is 2.45 bits per heavy atom. The number of thiazole rings is 1. The van der Waals surface area contributed by atoms with Crippen LogP contribution in [0.1, 0.15) is 21.5 Å². The molecule has 1 aliphatic rings. The number of anilines is 1. The number of rotatable bonds is 9.